The van der Waals surface area contributed by atoms with Crippen molar-refractivity contribution in [3.8, 4) is 5.75 Å². The van der Waals surface area contributed by atoms with Gasteiger partial charge >= 0.3 is 0 Å². The summed E-state index contributed by atoms with van der Waals surface area (Å²) < 4.78 is 11.0. The molecule has 1 aliphatic rings. The summed E-state index contributed by atoms with van der Waals surface area (Å²) in [6.07, 6.45) is 0.582. The molecule has 0 aliphatic carbocycles. The molecule has 3 aromatic rings. The van der Waals surface area contributed by atoms with Gasteiger partial charge in [0.2, 0.25) is 0 Å². The molecule has 6 heteroatoms. The van der Waals surface area contributed by atoms with Crippen molar-refractivity contribution in [3.63, 3.8) is 0 Å². The predicted octanol–water partition coefficient (Wildman–Crippen LogP) is 5.34. The van der Waals surface area contributed by atoms with Gasteiger partial charge in [-0.1, -0.05) is 54.1 Å². The molecular weight excluding hydrogens is 454 g/mol. The Labute approximate surface area is 211 Å². The van der Waals surface area contributed by atoms with Crippen LogP contribution < -0.4 is 4.74 Å². The van der Waals surface area contributed by atoms with Gasteiger partial charge in [0.15, 0.2) is 0 Å². The average Bonchev–Trinajstić information content (AvgIpc) is 3.14. The molecule has 1 atom stereocenters. The summed E-state index contributed by atoms with van der Waals surface area (Å²) in [5.41, 5.74) is 4.63. The van der Waals surface area contributed by atoms with E-state index in [0.717, 1.165) is 22.3 Å². The number of carbonyl (C=O) groups is 2. The fourth-order valence-electron chi connectivity index (χ4n) is 4.38. The number of carbonyl (C=O) groups excluding carboxylic acids is 2. The molecule has 1 heterocycles. The maximum Gasteiger partial charge on any atom is 0.295 e. The van der Waals surface area contributed by atoms with Crippen LogP contribution in [0.3, 0.4) is 0 Å². The van der Waals surface area contributed by atoms with E-state index in [0.29, 0.717) is 37.5 Å². The molecule has 0 aromatic heterocycles. The first-order valence-electron chi connectivity index (χ1n) is 12.0. The highest BCUT2D eigenvalue weighted by Crippen LogP contribution is 2.39. The molecule has 6 nitrogen and oxygen atoms in total. The van der Waals surface area contributed by atoms with Gasteiger partial charge in [0, 0.05) is 25.8 Å². The van der Waals surface area contributed by atoms with Crippen LogP contribution in [0.25, 0.3) is 5.76 Å². The molecule has 0 bridgehead atoms. The number of amides is 1. The number of rotatable bonds is 9. The lowest BCUT2D eigenvalue weighted by Gasteiger charge is -2.25. The van der Waals surface area contributed by atoms with Crippen LogP contribution in [0, 0.1) is 13.8 Å². The van der Waals surface area contributed by atoms with Gasteiger partial charge in [0.05, 0.1) is 11.6 Å². The van der Waals surface area contributed by atoms with Gasteiger partial charge in [-0.25, -0.2) is 0 Å². The van der Waals surface area contributed by atoms with E-state index in [1.807, 2.05) is 62.4 Å². The van der Waals surface area contributed by atoms with Crippen LogP contribution in [-0.4, -0.2) is 42.0 Å². The Hall–Kier alpha value is -3.90. The topological polar surface area (TPSA) is 76.1 Å². The first-order valence-corrected chi connectivity index (χ1v) is 12.0. The molecule has 4 rings (SSSR count). The fraction of sp³-hybridized carbons (Fsp3) is 0.267. The minimum Gasteiger partial charge on any atom is -0.507 e. The third kappa shape index (κ3) is 5.34. The summed E-state index contributed by atoms with van der Waals surface area (Å²) in [7, 11) is 1.60. The summed E-state index contributed by atoms with van der Waals surface area (Å²) in [5.74, 6) is -0.852. The van der Waals surface area contributed by atoms with Crippen molar-refractivity contribution in [3.05, 3.63) is 106 Å². The minimum absolute atomic E-state index is 0.0925. The lowest BCUT2D eigenvalue weighted by Crippen LogP contribution is -2.31. The Kier molecular flexibility index (Phi) is 7.86. The van der Waals surface area contributed by atoms with Crippen molar-refractivity contribution in [1.29, 1.82) is 0 Å². The highest BCUT2D eigenvalue weighted by Gasteiger charge is 2.45. The second-order valence-corrected chi connectivity index (χ2v) is 8.99. The molecule has 1 fully saturated rings. The number of methoxy groups -OCH3 is 1. The van der Waals surface area contributed by atoms with E-state index in [1.165, 1.54) is 4.90 Å². The third-order valence-corrected chi connectivity index (χ3v) is 6.46. The quantitative estimate of drug-likeness (QED) is 0.192. The number of hydrogen-bond acceptors (Lipinski definition) is 5. The van der Waals surface area contributed by atoms with Crippen molar-refractivity contribution in [2.24, 2.45) is 0 Å². The van der Waals surface area contributed by atoms with E-state index in [9.17, 15) is 14.7 Å². The highest BCUT2D eigenvalue weighted by molar-refractivity contribution is 6.46. The summed E-state index contributed by atoms with van der Waals surface area (Å²) in [5, 5.41) is 11.2. The number of aryl methyl sites for hydroxylation is 2. The number of ether oxygens (including phenoxy) is 2. The van der Waals surface area contributed by atoms with Crippen LogP contribution in [0.4, 0.5) is 0 Å². The largest absolute Gasteiger partial charge is 0.507 e. The van der Waals surface area contributed by atoms with Crippen LogP contribution in [0.15, 0.2) is 78.4 Å². The van der Waals surface area contributed by atoms with E-state index < -0.39 is 17.7 Å². The normalized spacial score (nSPS) is 17.0. The summed E-state index contributed by atoms with van der Waals surface area (Å²) >= 11 is 0. The first-order chi connectivity index (χ1) is 17.4. The van der Waals surface area contributed by atoms with Crippen LogP contribution >= 0.6 is 0 Å². The second kappa shape index (κ2) is 11.2. The molecule has 1 N–H and O–H groups in total. The Morgan fingerprint density at radius 2 is 1.64 bits per heavy atom. The van der Waals surface area contributed by atoms with Crippen LogP contribution in [0.2, 0.25) is 0 Å². The molecule has 0 spiro atoms. The van der Waals surface area contributed by atoms with Crippen molar-refractivity contribution in [1.82, 2.24) is 4.90 Å². The van der Waals surface area contributed by atoms with Gasteiger partial charge in [-0.15, -0.1) is 0 Å². The molecule has 36 heavy (non-hydrogen) atoms. The molecule has 0 radical (unpaired) electrons. The zero-order chi connectivity index (χ0) is 25.7. The molecule has 186 valence electrons. The number of nitrogens with zero attached hydrogens (tertiary/aromatic N) is 1. The number of Topliss-reactive ketones (excluding diaryl/α,β-unsaturated/α-hetero) is 1. The van der Waals surface area contributed by atoms with Crippen molar-refractivity contribution >= 4 is 17.4 Å². The predicted molar refractivity (Wildman–Crippen MR) is 139 cm³/mol. The molecule has 1 amide bonds. The Bertz CT molecular complexity index is 1260. The van der Waals surface area contributed by atoms with Crippen LogP contribution in [-0.2, 0) is 20.9 Å². The average molecular weight is 486 g/mol. The van der Waals surface area contributed by atoms with E-state index in [1.54, 1.807) is 31.4 Å². The molecular formula is C30H31NO5. The standard InChI is InChI=1S/C30H31NO5/c1-20-9-11-22(12-10-20)27-26(29(33)30(34)31(27)17-6-18-35-3)28(32)23-13-15-25(16-14-23)36-19-24-8-5-4-7-21(24)2/h4-5,7-16,27,32H,6,17-19H2,1-3H3. The first kappa shape index (κ1) is 25.2. The van der Waals surface area contributed by atoms with Gasteiger partial charge in [0.25, 0.3) is 11.7 Å². The van der Waals surface area contributed by atoms with E-state index in [-0.39, 0.29) is 11.3 Å². The zero-order valence-corrected chi connectivity index (χ0v) is 20.9. The van der Waals surface area contributed by atoms with Gasteiger partial charge in [0.1, 0.15) is 18.1 Å². The Morgan fingerprint density at radius 1 is 0.944 bits per heavy atom. The van der Waals surface area contributed by atoms with E-state index in [4.69, 9.17) is 9.47 Å². The SMILES string of the molecule is COCCCN1C(=O)C(=O)C(=C(O)c2ccc(OCc3ccccc3C)cc2)C1c1ccc(C)cc1. The maximum atomic E-state index is 13.1. The molecule has 1 aliphatic heterocycles. The number of benzene rings is 3. The van der Waals surface area contributed by atoms with Crippen LogP contribution in [0.1, 0.15) is 40.3 Å². The van der Waals surface area contributed by atoms with Crippen molar-refractivity contribution in [2.75, 3.05) is 20.3 Å². The number of ketones is 1. The summed E-state index contributed by atoms with van der Waals surface area (Å²) in [6.45, 7) is 5.25. The van der Waals surface area contributed by atoms with Gasteiger partial charge in [-0.3, -0.25) is 9.59 Å². The molecule has 1 unspecified atom stereocenters. The summed E-state index contributed by atoms with van der Waals surface area (Å²) in [4.78, 5) is 27.6. The van der Waals surface area contributed by atoms with E-state index >= 15 is 0 Å². The number of likely N-dealkylation sites (tertiary alicyclic amines) is 1. The van der Waals surface area contributed by atoms with Crippen LogP contribution in [0.5, 0.6) is 5.75 Å². The van der Waals surface area contributed by atoms with Gasteiger partial charge < -0.3 is 19.5 Å². The lowest BCUT2D eigenvalue weighted by atomic mass is 9.94. The highest BCUT2D eigenvalue weighted by atomic mass is 16.5. The Balaban J connectivity index is 1.63. The second-order valence-electron chi connectivity index (χ2n) is 8.99. The fourth-order valence-corrected chi connectivity index (χ4v) is 4.38. The minimum atomic E-state index is -0.685. The lowest BCUT2D eigenvalue weighted by molar-refractivity contribution is -0.140. The molecule has 3 aromatic carbocycles. The smallest absolute Gasteiger partial charge is 0.295 e. The Morgan fingerprint density at radius 3 is 2.31 bits per heavy atom. The number of aliphatic hydroxyl groups excluding tert-OH is 1. The molecule has 1 saturated heterocycles. The number of aliphatic hydroxyl groups is 1. The van der Waals surface area contributed by atoms with Crippen molar-refractivity contribution < 1.29 is 24.2 Å². The van der Waals surface area contributed by atoms with Gasteiger partial charge in [-0.2, -0.15) is 0 Å². The maximum absolute atomic E-state index is 13.1. The van der Waals surface area contributed by atoms with Crippen molar-refractivity contribution in [2.45, 2.75) is 32.9 Å². The molecule has 0 saturated carbocycles. The third-order valence-electron chi connectivity index (χ3n) is 6.46. The van der Waals surface area contributed by atoms with E-state index in [2.05, 4.69) is 0 Å². The zero-order valence-electron chi connectivity index (χ0n) is 20.9. The number of hydrogen-bond donors (Lipinski definition) is 1. The van der Waals surface area contributed by atoms with Gasteiger partial charge in [-0.05, 0) is 61.2 Å². The monoisotopic (exact) mass is 485 g/mol. The summed E-state index contributed by atoms with van der Waals surface area (Å²) in [6, 6.07) is 21.9.